The molecule has 0 unspecified atom stereocenters. The molecule has 1 saturated carbocycles. The second kappa shape index (κ2) is 6.93. The molecule has 2 aliphatic rings. The first-order chi connectivity index (χ1) is 9.54. The van der Waals surface area contributed by atoms with E-state index in [4.69, 9.17) is 0 Å². The second-order valence-electron chi connectivity index (χ2n) is 7.30. The van der Waals surface area contributed by atoms with E-state index in [1.165, 1.54) is 25.7 Å². The molecule has 0 bridgehead atoms. The van der Waals surface area contributed by atoms with E-state index in [0.29, 0.717) is 17.8 Å². The first kappa shape index (κ1) is 15.8. The minimum Gasteiger partial charge on any atom is -0.393 e. The molecule has 114 valence electrons. The Morgan fingerprint density at radius 1 is 1.40 bits per heavy atom. The minimum absolute atomic E-state index is 0.164. The van der Waals surface area contributed by atoms with Crippen LogP contribution in [0.5, 0.6) is 0 Å². The van der Waals surface area contributed by atoms with Crippen molar-refractivity contribution >= 4 is 0 Å². The molecule has 1 heteroatoms. The lowest BCUT2D eigenvalue weighted by Crippen LogP contribution is -2.40. The van der Waals surface area contributed by atoms with Gasteiger partial charge in [-0.1, -0.05) is 38.0 Å². The van der Waals surface area contributed by atoms with Gasteiger partial charge in [0, 0.05) is 0 Å². The van der Waals surface area contributed by atoms with Crippen molar-refractivity contribution in [3.8, 4) is 0 Å². The Labute approximate surface area is 125 Å². The van der Waals surface area contributed by atoms with E-state index in [9.17, 15) is 5.11 Å². The van der Waals surface area contributed by atoms with Crippen molar-refractivity contribution in [2.75, 3.05) is 0 Å². The SMILES string of the molecule is C=CCC[C@@H](O)[C@H](C)[C@@H]1CC[C@@H](C)[C@@H]2CCC(C)=C[C@@H]21. The van der Waals surface area contributed by atoms with Crippen LogP contribution in [0, 0.1) is 29.6 Å². The molecular formula is C19H32O. The van der Waals surface area contributed by atoms with Gasteiger partial charge in [0.05, 0.1) is 6.10 Å². The number of aliphatic hydroxyl groups excluding tert-OH is 1. The Morgan fingerprint density at radius 2 is 2.15 bits per heavy atom. The van der Waals surface area contributed by atoms with Gasteiger partial charge < -0.3 is 5.11 Å². The maximum Gasteiger partial charge on any atom is 0.0571 e. The van der Waals surface area contributed by atoms with Crippen molar-refractivity contribution < 1.29 is 5.11 Å². The van der Waals surface area contributed by atoms with E-state index in [-0.39, 0.29) is 6.10 Å². The molecule has 1 N–H and O–H groups in total. The van der Waals surface area contributed by atoms with Crippen LogP contribution >= 0.6 is 0 Å². The van der Waals surface area contributed by atoms with Gasteiger partial charge in [0.2, 0.25) is 0 Å². The Kier molecular flexibility index (Phi) is 5.49. The number of rotatable bonds is 5. The molecule has 0 radical (unpaired) electrons. The van der Waals surface area contributed by atoms with Crippen LogP contribution in [0.15, 0.2) is 24.3 Å². The molecule has 0 spiro atoms. The van der Waals surface area contributed by atoms with Gasteiger partial charge in [0.15, 0.2) is 0 Å². The zero-order valence-electron chi connectivity index (χ0n) is 13.5. The van der Waals surface area contributed by atoms with E-state index in [0.717, 1.165) is 24.7 Å². The average molecular weight is 276 g/mol. The Balaban J connectivity index is 2.09. The quantitative estimate of drug-likeness (QED) is 0.703. The number of fused-ring (bicyclic) bond motifs is 1. The molecule has 0 aromatic heterocycles. The minimum atomic E-state index is -0.164. The van der Waals surface area contributed by atoms with E-state index < -0.39 is 0 Å². The summed E-state index contributed by atoms with van der Waals surface area (Å²) in [6.45, 7) is 10.8. The molecule has 2 aliphatic carbocycles. The molecule has 0 aliphatic heterocycles. The summed E-state index contributed by atoms with van der Waals surface area (Å²) >= 11 is 0. The molecule has 0 amide bonds. The monoisotopic (exact) mass is 276 g/mol. The highest BCUT2D eigenvalue weighted by Crippen LogP contribution is 2.48. The van der Waals surface area contributed by atoms with Crippen molar-refractivity contribution in [3.05, 3.63) is 24.3 Å². The highest BCUT2D eigenvalue weighted by Gasteiger charge is 2.41. The molecule has 0 saturated heterocycles. The summed E-state index contributed by atoms with van der Waals surface area (Å²) in [5.74, 6) is 3.51. The first-order valence-corrected chi connectivity index (χ1v) is 8.50. The highest BCUT2D eigenvalue weighted by atomic mass is 16.3. The molecule has 20 heavy (non-hydrogen) atoms. The molecule has 1 fully saturated rings. The van der Waals surface area contributed by atoms with Gasteiger partial charge in [-0.2, -0.15) is 0 Å². The van der Waals surface area contributed by atoms with Crippen LogP contribution in [0.1, 0.15) is 59.3 Å². The van der Waals surface area contributed by atoms with Crippen LogP contribution < -0.4 is 0 Å². The Morgan fingerprint density at radius 3 is 2.85 bits per heavy atom. The van der Waals surface area contributed by atoms with Crippen molar-refractivity contribution in [1.82, 2.24) is 0 Å². The fraction of sp³-hybridized carbons (Fsp3) is 0.789. The topological polar surface area (TPSA) is 20.2 Å². The lowest BCUT2D eigenvalue weighted by molar-refractivity contribution is 0.0133. The Bertz CT molecular complexity index is 357. The molecule has 0 aromatic carbocycles. The summed E-state index contributed by atoms with van der Waals surface area (Å²) in [4.78, 5) is 0. The first-order valence-electron chi connectivity index (χ1n) is 8.50. The Hall–Kier alpha value is -0.560. The highest BCUT2D eigenvalue weighted by molar-refractivity contribution is 5.11. The van der Waals surface area contributed by atoms with Crippen LogP contribution in [0.2, 0.25) is 0 Å². The predicted molar refractivity (Wildman–Crippen MR) is 86.5 cm³/mol. The summed E-state index contributed by atoms with van der Waals surface area (Å²) in [6.07, 6.45) is 11.4. The normalized spacial score (nSPS) is 36.7. The molecular weight excluding hydrogens is 244 g/mol. The van der Waals surface area contributed by atoms with Gasteiger partial charge in [-0.25, -0.2) is 0 Å². The maximum absolute atomic E-state index is 10.5. The molecule has 0 aromatic rings. The van der Waals surface area contributed by atoms with Crippen LogP contribution in [0.3, 0.4) is 0 Å². The summed E-state index contributed by atoms with van der Waals surface area (Å²) < 4.78 is 0. The fourth-order valence-electron chi connectivity index (χ4n) is 4.54. The third kappa shape index (κ3) is 3.36. The zero-order chi connectivity index (χ0) is 14.7. The number of hydrogen-bond acceptors (Lipinski definition) is 1. The van der Waals surface area contributed by atoms with Gasteiger partial charge >= 0.3 is 0 Å². The standard InChI is InChI=1S/C19H32O/c1-5-6-7-19(20)15(4)17-11-9-14(3)16-10-8-13(2)12-18(16)17/h5,12,14-20H,1,6-11H2,2-4H3/t14-,15-,16+,17+,18+,19-/m1/s1. The van der Waals surface area contributed by atoms with Gasteiger partial charge in [0.25, 0.3) is 0 Å². The van der Waals surface area contributed by atoms with Crippen LogP contribution in [0.4, 0.5) is 0 Å². The van der Waals surface area contributed by atoms with Crippen molar-refractivity contribution in [2.24, 2.45) is 29.6 Å². The molecule has 2 rings (SSSR count). The van der Waals surface area contributed by atoms with Gasteiger partial charge in [0.1, 0.15) is 0 Å². The lowest BCUT2D eigenvalue weighted by Gasteiger charge is -2.46. The van der Waals surface area contributed by atoms with E-state index >= 15 is 0 Å². The average Bonchev–Trinajstić information content (AvgIpc) is 2.44. The van der Waals surface area contributed by atoms with Crippen LogP contribution in [0.25, 0.3) is 0 Å². The van der Waals surface area contributed by atoms with Crippen molar-refractivity contribution in [1.29, 1.82) is 0 Å². The third-order valence-electron chi connectivity index (χ3n) is 5.97. The van der Waals surface area contributed by atoms with Crippen molar-refractivity contribution in [2.45, 2.75) is 65.4 Å². The molecule has 0 heterocycles. The van der Waals surface area contributed by atoms with E-state index in [1.807, 2.05) is 6.08 Å². The van der Waals surface area contributed by atoms with Gasteiger partial charge in [-0.15, -0.1) is 6.58 Å². The predicted octanol–water partition coefficient (Wildman–Crippen LogP) is 4.97. The maximum atomic E-state index is 10.5. The van der Waals surface area contributed by atoms with Crippen molar-refractivity contribution in [3.63, 3.8) is 0 Å². The van der Waals surface area contributed by atoms with Gasteiger partial charge in [-0.05, 0) is 68.6 Å². The number of hydrogen-bond donors (Lipinski definition) is 1. The molecule has 1 nitrogen and oxygen atoms in total. The zero-order valence-corrected chi connectivity index (χ0v) is 13.5. The van der Waals surface area contributed by atoms with E-state index in [1.54, 1.807) is 5.57 Å². The third-order valence-corrected chi connectivity index (χ3v) is 5.97. The summed E-state index contributed by atoms with van der Waals surface area (Å²) in [6, 6.07) is 0. The van der Waals surface area contributed by atoms with E-state index in [2.05, 4.69) is 33.4 Å². The number of allylic oxidation sites excluding steroid dienone is 3. The fourth-order valence-corrected chi connectivity index (χ4v) is 4.54. The second-order valence-corrected chi connectivity index (χ2v) is 7.30. The summed E-state index contributed by atoms with van der Waals surface area (Å²) in [5.41, 5.74) is 1.57. The smallest absolute Gasteiger partial charge is 0.0571 e. The lowest BCUT2D eigenvalue weighted by atomic mass is 9.59. The summed E-state index contributed by atoms with van der Waals surface area (Å²) in [5, 5.41) is 10.5. The van der Waals surface area contributed by atoms with Gasteiger partial charge in [-0.3, -0.25) is 0 Å². The van der Waals surface area contributed by atoms with Crippen LogP contribution in [-0.4, -0.2) is 11.2 Å². The van der Waals surface area contributed by atoms with Crippen LogP contribution in [-0.2, 0) is 0 Å². The molecule has 6 atom stereocenters. The number of aliphatic hydroxyl groups is 1. The summed E-state index contributed by atoms with van der Waals surface area (Å²) in [7, 11) is 0. The largest absolute Gasteiger partial charge is 0.393 e.